The molecule has 21 heavy (non-hydrogen) atoms. The molecule has 0 aliphatic carbocycles. The van der Waals surface area contributed by atoms with Gasteiger partial charge >= 0.3 is 0 Å². The minimum atomic E-state index is -0.197. The SMILES string of the molecule is CCC1(C)CNC(C(C)C)CN1Cc1ccc(F)c(Br)c1. The fourth-order valence-corrected chi connectivity index (χ4v) is 3.32. The van der Waals surface area contributed by atoms with Gasteiger partial charge < -0.3 is 5.32 Å². The van der Waals surface area contributed by atoms with Crippen LogP contribution in [-0.2, 0) is 6.54 Å². The van der Waals surface area contributed by atoms with E-state index in [1.54, 1.807) is 6.07 Å². The average molecular weight is 357 g/mol. The molecule has 2 atom stereocenters. The molecule has 0 radical (unpaired) electrons. The maximum absolute atomic E-state index is 13.4. The fourth-order valence-electron chi connectivity index (χ4n) is 2.89. The summed E-state index contributed by atoms with van der Waals surface area (Å²) in [5, 5.41) is 3.69. The van der Waals surface area contributed by atoms with E-state index in [0.29, 0.717) is 16.4 Å². The molecule has 1 aromatic carbocycles. The molecule has 1 aliphatic heterocycles. The first-order valence-electron chi connectivity index (χ1n) is 7.78. The van der Waals surface area contributed by atoms with Gasteiger partial charge in [-0.15, -0.1) is 0 Å². The summed E-state index contributed by atoms with van der Waals surface area (Å²) in [6.45, 7) is 12.0. The summed E-state index contributed by atoms with van der Waals surface area (Å²) >= 11 is 3.29. The number of nitrogens with zero attached hydrogens (tertiary/aromatic N) is 1. The van der Waals surface area contributed by atoms with Gasteiger partial charge in [-0.05, 0) is 52.9 Å². The zero-order chi connectivity index (χ0) is 15.6. The van der Waals surface area contributed by atoms with Crippen LogP contribution in [0.1, 0.15) is 39.7 Å². The number of benzene rings is 1. The van der Waals surface area contributed by atoms with Crippen LogP contribution in [0.5, 0.6) is 0 Å². The molecular weight excluding hydrogens is 331 g/mol. The standard InChI is InChI=1S/C17H26BrFN2/c1-5-17(4)11-20-16(12(2)3)10-21(17)9-13-6-7-15(19)14(18)8-13/h6-8,12,16,20H,5,9-11H2,1-4H3. The zero-order valence-corrected chi connectivity index (χ0v) is 15.0. The molecule has 1 aromatic rings. The highest BCUT2D eigenvalue weighted by Crippen LogP contribution is 2.28. The van der Waals surface area contributed by atoms with Crippen LogP contribution in [0.3, 0.4) is 0 Å². The van der Waals surface area contributed by atoms with Gasteiger partial charge in [-0.1, -0.05) is 26.8 Å². The minimum absolute atomic E-state index is 0.159. The molecule has 2 unspecified atom stereocenters. The molecule has 4 heteroatoms. The average Bonchev–Trinajstić information content (AvgIpc) is 2.45. The number of hydrogen-bond acceptors (Lipinski definition) is 2. The van der Waals surface area contributed by atoms with E-state index >= 15 is 0 Å². The summed E-state index contributed by atoms with van der Waals surface area (Å²) in [5.74, 6) is 0.422. The van der Waals surface area contributed by atoms with Crippen LogP contribution in [0, 0.1) is 11.7 Å². The zero-order valence-electron chi connectivity index (χ0n) is 13.4. The molecule has 0 spiro atoms. The molecule has 1 heterocycles. The van der Waals surface area contributed by atoms with Crippen LogP contribution >= 0.6 is 15.9 Å². The molecule has 2 nitrogen and oxygen atoms in total. The number of piperazine rings is 1. The molecule has 1 fully saturated rings. The Morgan fingerprint density at radius 1 is 1.48 bits per heavy atom. The van der Waals surface area contributed by atoms with Gasteiger partial charge in [0, 0.05) is 31.2 Å². The summed E-state index contributed by atoms with van der Waals surface area (Å²) in [6, 6.07) is 5.86. The monoisotopic (exact) mass is 356 g/mol. The van der Waals surface area contributed by atoms with E-state index < -0.39 is 0 Å². The normalized spacial score (nSPS) is 27.3. The maximum atomic E-state index is 13.4. The third-order valence-corrected chi connectivity index (χ3v) is 5.46. The Hall–Kier alpha value is -0.450. The van der Waals surface area contributed by atoms with E-state index in [1.165, 1.54) is 0 Å². The fraction of sp³-hybridized carbons (Fsp3) is 0.647. The topological polar surface area (TPSA) is 15.3 Å². The van der Waals surface area contributed by atoms with E-state index in [4.69, 9.17) is 0 Å². The lowest BCUT2D eigenvalue weighted by atomic mass is 9.89. The van der Waals surface area contributed by atoms with Crippen molar-refractivity contribution in [2.45, 2.75) is 52.2 Å². The summed E-state index contributed by atoms with van der Waals surface area (Å²) < 4.78 is 13.9. The molecule has 0 amide bonds. The van der Waals surface area contributed by atoms with Gasteiger partial charge in [0.2, 0.25) is 0 Å². The highest BCUT2D eigenvalue weighted by molar-refractivity contribution is 9.10. The lowest BCUT2D eigenvalue weighted by Gasteiger charge is -2.49. The second-order valence-corrected chi connectivity index (χ2v) is 7.57. The molecular formula is C17H26BrFN2. The third-order valence-electron chi connectivity index (χ3n) is 4.85. The van der Waals surface area contributed by atoms with Crippen molar-refractivity contribution in [1.82, 2.24) is 10.2 Å². The molecule has 2 rings (SSSR count). The third kappa shape index (κ3) is 3.85. The van der Waals surface area contributed by atoms with Crippen molar-refractivity contribution >= 4 is 15.9 Å². The van der Waals surface area contributed by atoms with Crippen LogP contribution in [0.2, 0.25) is 0 Å². The van der Waals surface area contributed by atoms with E-state index in [2.05, 4.69) is 53.8 Å². The molecule has 1 N–H and O–H groups in total. The Labute approximate surface area is 136 Å². The lowest BCUT2D eigenvalue weighted by Crippen LogP contribution is -2.63. The van der Waals surface area contributed by atoms with Crippen molar-refractivity contribution in [3.05, 3.63) is 34.1 Å². The van der Waals surface area contributed by atoms with Crippen LogP contribution in [0.4, 0.5) is 4.39 Å². The first-order valence-corrected chi connectivity index (χ1v) is 8.57. The van der Waals surface area contributed by atoms with Crippen LogP contribution in [0.15, 0.2) is 22.7 Å². The second-order valence-electron chi connectivity index (χ2n) is 6.71. The molecule has 0 aromatic heterocycles. The van der Waals surface area contributed by atoms with E-state index in [-0.39, 0.29) is 11.4 Å². The Balaban J connectivity index is 2.17. The summed E-state index contributed by atoms with van der Waals surface area (Å²) in [4.78, 5) is 2.55. The van der Waals surface area contributed by atoms with Crippen LogP contribution < -0.4 is 5.32 Å². The van der Waals surface area contributed by atoms with Crippen molar-refractivity contribution in [3.63, 3.8) is 0 Å². The highest BCUT2D eigenvalue weighted by atomic mass is 79.9. The van der Waals surface area contributed by atoms with E-state index in [9.17, 15) is 4.39 Å². The predicted octanol–water partition coefficient (Wildman–Crippen LogP) is 4.19. The molecule has 0 bridgehead atoms. The minimum Gasteiger partial charge on any atom is -0.311 e. The Kier molecular flexibility index (Phi) is 5.44. The Morgan fingerprint density at radius 3 is 2.76 bits per heavy atom. The molecule has 1 saturated heterocycles. The van der Waals surface area contributed by atoms with Gasteiger partial charge in [0.25, 0.3) is 0 Å². The number of rotatable bonds is 4. The molecule has 118 valence electrons. The van der Waals surface area contributed by atoms with Crippen molar-refractivity contribution in [2.24, 2.45) is 5.92 Å². The van der Waals surface area contributed by atoms with E-state index in [0.717, 1.165) is 31.6 Å². The van der Waals surface area contributed by atoms with Crippen LogP contribution in [0.25, 0.3) is 0 Å². The molecule has 0 saturated carbocycles. The largest absolute Gasteiger partial charge is 0.311 e. The Bertz CT molecular complexity index is 492. The van der Waals surface area contributed by atoms with Crippen molar-refractivity contribution in [3.8, 4) is 0 Å². The highest BCUT2D eigenvalue weighted by Gasteiger charge is 2.37. The second kappa shape index (κ2) is 6.76. The van der Waals surface area contributed by atoms with Gasteiger partial charge in [0.05, 0.1) is 4.47 Å². The van der Waals surface area contributed by atoms with Crippen molar-refractivity contribution < 1.29 is 4.39 Å². The van der Waals surface area contributed by atoms with Gasteiger partial charge in [0.15, 0.2) is 0 Å². The first-order chi connectivity index (χ1) is 9.85. The predicted molar refractivity (Wildman–Crippen MR) is 89.8 cm³/mol. The summed E-state index contributed by atoms with van der Waals surface area (Å²) in [7, 11) is 0. The maximum Gasteiger partial charge on any atom is 0.137 e. The summed E-state index contributed by atoms with van der Waals surface area (Å²) in [6.07, 6.45) is 1.10. The lowest BCUT2D eigenvalue weighted by molar-refractivity contribution is 0.0316. The van der Waals surface area contributed by atoms with Crippen LogP contribution in [-0.4, -0.2) is 29.6 Å². The molecule has 1 aliphatic rings. The first kappa shape index (κ1) is 16.9. The van der Waals surface area contributed by atoms with E-state index in [1.807, 2.05) is 12.1 Å². The van der Waals surface area contributed by atoms with Crippen molar-refractivity contribution in [1.29, 1.82) is 0 Å². The van der Waals surface area contributed by atoms with Gasteiger partial charge in [-0.2, -0.15) is 0 Å². The quantitative estimate of drug-likeness (QED) is 0.869. The van der Waals surface area contributed by atoms with Gasteiger partial charge in [-0.25, -0.2) is 4.39 Å². The smallest absolute Gasteiger partial charge is 0.137 e. The Morgan fingerprint density at radius 2 is 2.19 bits per heavy atom. The number of hydrogen-bond donors (Lipinski definition) is 1. The van der Waals surface area contributed by atoms with Crippen molar-refractivity contribution in [2.75, 3.05) is 13.1 Å². The number of halogens is 2. The number of nitrogens with one attached hydrogen (secondary N) is 1. The van der Waals surface area contributed by atoms with Gasteiger partial charge in [-0.3, -0.25) is 4.90 Å². The van der Waals surface area contributed by atoms with Gasteiger partial charge in [0.1, 0.15) is 5.82 Å². The summed E-state index contributed by atoms with van der Waals surface area (Å²) in [5.41, 5.74) is 1.32.